The molecule has 0 aliphatic heterocycles. The summed E-state index contributed by atoms with van der Waals surface area (Å²) >= 11 is 1.03. The minimum Gasteiger partial charge on any atom is -0.336 e. The third kappa shape index (κ3) is 6.12. The van der Waals surface area contributed by atoms with Crippen molar-refractivity contribution in [1.29, 1.82) is 0 Å². The maximum absolute atomic E-state index is 13.7. The average molecular weight is 492 g/mol. The van der Waals surface area contributed by atoms with E-state index in [2.05, 4.69) is 14.9 Å². The first kappa shape index (κ1) is 25.0. The van der Waals surface area contributed by atoms with E-state index in [0.29, 0.717) is 5.56 Å². The Morgan fingerprint density at radius 2 is 1.50 bits per heavy atom. The number of benzene rings is 1. The van der Waals surface area contributed by atoms with Crippen molar-refractivity contribution >= 4 is 17.7 Å². The maximum Gasteiger partial charge on any atom is 0.433 e. The van der Waals surface area contributed by atoms with Crippen LogP contribution >= 0.6 is 11.8 Å². The van der Waals surface area contributed by atoms with Crippen molar-refractivity contribution in [2.45, 2.75) is 99.8 Å². The lowest BCUT2D eigenvalue weighted by Gasteiger charge is -2.42. The van der Waals surface area contributed by atoms with Crippen molar-refractivity contribution < 1.29 is 18.0 Å². The zero-order valence-electron chi connectivity index (χ0n) is 19.6. The number of amides is 1. The molecule has 2 fully saturated rings. The highest BCUT2D eigenvalue weighted by atomic mass is 32.2. The van der Waals surface area contributed by atoms with Gasteiger partial charge in [0.1, 0.15) is 5.69 Å². The molecule has 4 nitrogen and oxygen atoms in total. The van der Waals surface area contributed by atoms with Crippen molar-refractivity contribution in [2.24, 2.45) is 0 Å². The number of halogens is 3. The van der Waals surface area contributed by atoms with Crippen LogP contribution in [0.3, 0.4) is 0 Å². The molecule has 1 aromatic carbocycles. The first-order valence-corrected chi connectivity index (χ1v) is 13.2. The van der Waals surface area contributed by atoms with Gasteiger partial charge in [-0.1, -0.05) is 80.6 Å². The molecule has 2 aliphatic carbocycles. The monoisotopic (exact) mass is 491 g/mol. The molecule has 0 N–H and O–H groups in total. The molecular weight excluding hydrogens is 459 g/mol. The highest BCUT2D eigenvalue weighted by molar-refractivity contribution is 8.00. The molecule has 0 bridgehead atoms. The number of alkyl halides is 3. The Bertz CT molecular complexity index is 940. The van der Waals surface area contributed by atoms with Crippen LogP contribution in [0.1, 0.15) is 76.8 Å². The number of carbonyl (C=O) groups is 1. The first-order chi connectivity index (χ1) is 16.3. The highest BCUT2D eigenvalue weighted by Gasteiger charge is 2.37. The van der Waals surface area contributed by atoms with Gasteiger partial charge in [0.05, 0.1) is 10.9 Å². The number of rotatable bonds is 6. The van der Waals surface area contributed by atoms with Gasteiger partial charge in [0.25, 0.3) is 0 Å². The molecule has 2 saturated carbocycles. The van der Waals surface area contributed by atoms with E-state index in [1.54, 1.807) is 37.3 Å². The van der Waals surface area contributed by atoms with Gasteiger partial charge in [0.2, 0.25) is 5.91 Å². The van der Waals surface area contributed by atoms with E-state index < -0.39 is 17.1 Å². The Kier molecular flexibility index (Phi) is 8.17. The van der Waals surface area contributed by atoms with Gasteiger partial charge in [-0.15, -0.1) is 0 Å². The lowest BCUT2D eigenvalue weighted by molar-refractivity contribution is -0.141. The fourth-order valence-corrected chi connectivity index (χ4v) is 6.02. The Balaban J connectivity index is 1.59. The number of carbonyl (C=O) groups excluding carboxylic acids is 1. The Morgan fingerprint density at radius 1 is 0.941 bits per heavy atom. The standard InChI is InChI=1S/C26H32F3N3OS/c1-18(24(33)32(20-13-7-3-8-14-20)21-15-9-4-10-16-21)34-25-30-22(19-11-5-2-6-12-19)17-23(31-25)26(27,28)29/h2,5-6,11-12,17-18,20-21H,3-4,7-10,13-16H2,1H3/t18-/m1/s1. The van der Waals surface area contributed by atoms with Crippen LogP contribution in [0, 0.1) is 0 Å². The molecule has 2 aliphatic rings. The van der Waals surface area contributed by atoms with E-state index in [1.165, 1.54) is 12.8 Å². The van der Waals surface area contributed by atoms with Gasteiger partial charge >= 0.3 is 6.18 Å². The molecule has 1 heterocycles. The van der Waals surface area contributed by atoms with Crippen molar-refractivity contribution in [1.82, 2.24) is 14.9 Å². The van der Waals surface area contributed by atoms with Gasteiger partial charge in [0, 0.05) is 17.6 Å². The Labute approximate surface area is 203 Å². The zero-order valence-corrected chi connectivity index (χ0v) is 20.4. The third-order valence-electron chi connectivity index (χ3n) is 6.89. The van der Waals surface area contributed by atoms with Crippen LogP contribution in [0.5, 0.6) is 0 Å². The van der Waals surface area contributed by atoms with Crippen LogP contribution in [-0.4, -0.2) is 38.1 Å². The molecule has 1 amide bonds. The minimum atomic E-state index is -4.59. The Hall–Kier alpha value is -2.09. The summed E-state index contributed by atoms with van der Waals surface area (Å²) in [6.07, 6.45) is 6.36. The molecule has 2 aromatic rings. The molecule has 184 valence electrons. The molecule has 1 aromatic heterocycles. The van der Waals surface area contributed by atoms with Crippen LogP contribution < -0.4 is 0 Å². The van der Waals surface area contributed by atoms with E-state index in [0.717, 1.165) is 69.2 Å². The quantitative estimate of drug-likeness (QED) is 0.318. The summed E-state index contributed by atoms with van der Waals surface area (Å²) in [5, 5.41) is -0.572. The predicted molar refractivity (Wildman–Crippen MR) is 128 cm³/mol. The third-order valence-corrected chi connectivity index (χ3v) is 7.83. The lowest BCUT2D eigenvalue weighted by Crippen LogP contribution is -2.51. The smallest absolute Gasteiger partial charge is 0.336 e. The normalized spacial score (nSPS) is 19.1. The topological polar surface area (TPSA) is 46.1 Å². The molecule has 0 spiro atoms. The summed E-state index contributed by atoms with van der Waals surface area (Å²) < 4.78 is 40.8. The largest absolute Gasteiger partial charge is 0.433 e. The molecule has 0 saturated heterocycles. The van der Waals surface area contributed by atoms with Crippen LogP contribution in [0.2, 0.25) is 0 Å². The number of thioether (sulfide) groups is 1. The van der Waals surface area contributed by atoms with Crippen LogP contribution in [0.15, 0.2) is 41.6 Å². The average Bonchev–Trinajstić information content (AvgIpc) is 2.85. The minimum absolute atomic E-state index is 0.00562. The summed E-state index contributed by atoms with van der Waals surface area (Å²) in [6, 6.07) is 10.2. The predicted octanol–water partition coefficient (Wildman–Crippen LogP) is 7.14. The van der Waals surface area contributed by atoms with Gasteiger partial charge in [-0.25, -0.2) is 9.97 Å². The van der Waals surface area contributed by atoms with Crippen molar-refractivity contribution in [3.63, 3.8) is 0 Å². The van der Waals surface area contributed by atoms with E-state index in [-0.39, 0.29) is 28.8 Å². The van der Waals surface area contributed by atoms with Gasteiger partial charge in [-0.3, -0.25) is 4.79 Å². The molecule has 4 rings (SSSR count). The summed E-state index contributed by atoms with van der Waals surface area (Å²) in [5.74, 6) is 0.00562. The van der Waals surface area contributed by atoms with Crippen molar-refractivity contribution in [2.75, 3.05) is 0 Å². The van der Waals surface area contributed by atoms with Crippen LogP contribution in [-0.2, 0) is 11.0 Å². The molecule has 1 atom stereocenters. The fourth-order valence-electron chi connectivity index (χ4n) is 5.17. The van der Waals surface area contributed by atoms with E-state index >= 15 is 0 Å². The number of hydrogen-bond donors (Lipinski definition) is 0. The van der Waals surface area contributed by atoms with Crippen LogP contribution in [0.4, 0.5) is 13.2 Å². The second-order valence-electron chi connectivity index (χ2n) is 9.37. The lowest BCUT2D eigenvalue weighted by atomic mass is 9.88. The molecular formula is C26H32F3N3OS. The van der Waals surface area contributed by atoms with Gasteiger partial charge in [0.15, 0.2) is 5.16 Å². The zero-order chi connectivity index (χ0) is 24.1. The number of aromatic nitrogens is 2. The molecule has 8 heteroatoms. The summed E-state index contributed by atoms with van der Waals surface area (Å²) in [7, 11) is 0. The SMILES string of the molecule is C[C@@H](Sc1nc(-c2ccccc2)cc(C(F)(F)F)n1)C(=O)N(C1CCCCC1)C1CCCCC1. The van der Waals surface area contributed by atoms with E-state index in [9.17, 15) is 18.0 Å². The van der Waals surface area contributed by atoms with Gasteiger partial charge < -0.3 is 4.90 Å². The number of hydrogen-bond acceptors (Lipinski definition) is 4. The molecule has 0 radical (unpaired) electrons. The first-order valence-electron chi connectivity index (χ1n) is 12.3. The summed E-state index contributed by atoms with van der Waals surface area (Å²) in [4.78, 5) is 24.0. The second kappa shape index (κ2) is 11.1. The highest BCUT2D eigenvalue weighted by Crippen LogP contribution is 2.35. The van der Waals surface area contributed by atoms with Crippen LogP contribution in [0.25, 0.3) is 11.3 Å². The second-order valence-corrected chi connectivity index (χ2v) is 10.7. The summed E-state index contributed by atoms with van der Waals surface area (Å²) in [5.41, 5.74) is -0.191. The van der Waals surface area contributed by atoms with Crippen molar-refractivity contribution in [3.05, 3.63) is 42.1 Å². The van der Waals surface area contributed by atoms with Gasteiger partial charge in [-0.2, -0.15) is 13.2 Å². The van der Waals surface area contributed by atoms with Gasteiger partial charge in [-0.05, 0) is 38.7 Å². The number of nitrogens with zero attached hydrogens (tertiary/aromatic N) is 3. The Morgan fingerprint density at radius 3 is 2.03 bits per heavy atom. The van der Waals surface area contributed by atoms with E-state index in [4.69, 9.17) is 0 Å². The van der Waals surface area contributed by atoms with Crippen molar-refractivity contribution in [3.8, 4) is 11.3 Å². The molecule has 34 heavy (non-hydrogen) atoms. The summed E-state index contributed by atoms with van der Waals surface area (Å²) in [6.45, 7) is 1.78. The maximum atomic E-state index is 13.7. The fraction of sp³-hybridized carbons (Fsp3) is 0.577. The molecule has 0 unspecified atom stereocenters. The van der Waals surface area contributed by atoms with E-state index in [1.807, 2.05) is 0 Å².